The Labute approximate surface area is 129 Å². The van der Waals surface area contributed by atoms with Gasteiger partial charge < -0.3 is 5.32 Å². The van der Waals surface area contributed by atoms with E-state index in [9.17, 15) is 8.42 Å². The molecule has 1 N–H and O–H groups in total. The highest BCUT2D eigenvalue weighted by atomic mass is 32.2. The van der Waals surface area contributed by atoms with Gasteiger partial charge in [0, 0.05) is 36.9 Å². The molecule has 0 saturated carbocycles. The van der Waals surface area contributed by atoms with Crippen molar-refractivity contribution in [3.05, 3.63) is 0 Å². The molecule has 1 unspecified atom stereocenters. The number of unbranched alkanes of at least 4 members (excludes halogenated alkanes) is 3. The van der Waals surface area contributed by atoms with E-state index in [0.717, 1.165) is 37.7 Å². The van der Waals surface area contributed by atoms with Crippen molar-refractivity contribution in [2.24, 2.45) is 0 Å². The fourth-order valence-electron chi connectivity index (χ4n) is 2.42. The Morgan fingerprint density at radius 2 is 2.00 bits per heavy atom. The van der Waals surface area contributed by atoms with Gasteiger partial charge in [-0.05, 0) is 13.0 Å². The van der Waals surface area contributed by atoms with E-state index in [1.807, 2.05) is 0 Å². The number of sulfone groups is 1. The number of thioether (sulfide) groups is 1. The first-order valence-corrected chi connectivity index (χ1v) is 10.7. The predicted molar refractivity (Wildman–Crippen MR) is 89.2 cm³/mol. The molecule has 1 rings (SSSR count). The van der Waals surface area contributed by atoms with Gasteiger partial charge in [-0.1, -0.05) is 33.1 Å². The van der Waals surface area contributed by atoms with Crippen molar-refractivity contribution in [1.29, 1.82) is 0 Å². The molecule has 0 aromatic heterocycles. The Morgan fingerprint density at radius 1 is 1.20 bits per heavy atom. The van der Waals surface area contributed by atoms with Crippen molar-refractivity contribution in [3.8, 4) is 0 Å². The first kappa shape index (κ1) is 18.3. The summed E-state index contributed by atoms with van der Waals surface area (Å²) in [5.41, 5.74) is 0. The van der Waals surface area contributed by atoms with Crippen LogP contribution >= 0.6 is 11.8 Å². The topological polar surface area (TPSA) is 49.4 Å². The van der Waals surface area contributed by atoms with Gasteiger partial charge in [-0.2, -0.15) is 11.8 Å². The summed E-state index contributed by atoms with van der Waals surface area (Å²) in [6.45, 7) is 7.65. The molecular weight excluding hydrogens is 292 g/mol. The monoisotopic (exact) mass is 322 g/mol. The molecule has 1 atom stereocenters. The molecule has 0 aliphatic carbocycles. The summed E-state index contributed by atoms with van der Waals surface area (Å²) in [4.78, 5) is 2.15. The van der Waals surface area contributed by atoms with Crippen LogP contribution in [0.4, 0.5) is 0 Å². The van der Waals surface area contributed by atoms with E-state index < -0.39 is 9.84 Å². The summed E-state index contributed by atoms with van der Waals surface area (Å²) in [6.07, 6.45) is 5.08. The fourth-order valence-corrected chi connectivity index (χ4v) is 5.53. The van der Waals surface area contributed by atoms with Crippen LogP contribution in [0.5, 0.6) is 0 Å². The Kier molecular flexibility index (Phi) is 9.16. The van der Waals surface area contributed by atoms with Crippen molar-refractivity contribution in [2.45, 2.75) is 44.9 Å². The molecule has 120 valence electrons. The molecule has 1 fully saturated rings. The van der Waals surface area contributed by atoms with Gasteiger partial charge >= 0.3 is 0 Å². The average molecular weight is 323 g/mol. The van der Waals surface area contributed by atoms with E-state index in [4.69, 9.17) is 0 Å². The normalized spacial score (nSPS) is 21.2. The van der Waals surface area contributed by atoms with E-state index in [2.05, 4.69) is 17.1 Å². The minimum absolute atomic E-state index is 0.249. The third-order valence-corrected chi connectivity index (χ3v) is 7.12. The molecule has 1 aliphatic rings. The third kappa shape index (κ3) is 6.33. The second-order valence-corrected chi connectivity index (χ2v) is 8.92. The molecule has 0 radical (unpaired) electrons. The lowest BCUT2D eigenvalue weighted by atomic mass is 10.2. The molecule has 0 amide bonds. The number of nitrogens with one attached hydrogen (secondary N) is 1. The molecule has 4 nitrogen and oxygen atoms in total. The standard InChI is InChI=1S/C14H30N2O2S2/c1-3-5-6-7-8-15-9-10-16-11-12-19-13-14(16)20(17,18)4-2/h14-15H,3-13H2,1-2H3. The molecular formula is C14H30N2O2S2. The van der Waals surface area contributed by atoms with Crippen LogP contribution in [0.2, 0.25) is 0 Å². The summed E-state index contributed by atoms with van der Waals surface area (Å²) >= 11 is 1.76. The van der Waals surface area contributed by atoms with Gasteiger partial charge in [0.2, 0.25) is 0 Å². The van der Waals surface area contributed by atoms with Crippen molar-refractivity contribution in [3.63, 3.8) is 0 Å². The summed E-state index contributed by atoms with van der Waals surface area (Å²) in [5, 5.41) is 3.17. The molecule has 1 saturated heterocycles. The zero-order valence-electron chi connectivity index (χ0n) is 12.9. The zero-order chi connectivity index (χ0) is 14.8. The molecule has 1 heterocycles. The highest BCUT2D eigenvalue weighted by Gasteiger charge is 2.32. The van der Waals surface area contributed by atoms with Gasteiger partial charge in [0.25, 0.3) is 0 Å². The van der Waals surface area contributed by atoms with Crippen LogP contribution in [-0.4, -0.2) is 62.1 Å². The second-order valence-electron chi connectivity index (χ2n) is 5.33. The lowest BCUT2D eigenvalue weighted by Crippen LogP contribution is -2.49. The van der Waals surface area contributed by atoms with Crippen LogP contribution in [-0.2, 0) is 9.84 Å². The third-order valence-electron chi connectivity index (χ3n) is 3.79. The van der Waals surface area contributed by atoms with Crippen LogP contribution in [0, 0.1) is 0 Å². The van der Waals surface area contributed by atoms with Gasteiger partial charge in [0.1, 0.15) is 5.37 Å². The van der Waals surface area contributed by atoms with Crippen LogP contribution in [0.15, 0.2) is 0 Å². The smallest absolute Gasteiger partial charge is 0.166 e. The molecule has 1 aliphatic heterocycles. The van der Waals surface area contributed by atoms with Gasteiger partial charge in [-0.15, -0.1) is 0 Å². The molecule has 20 heavy (non-hydrogen) atoms. The lowest BCUT2D eigenvalue weighted by molar-refractivity contribution is 0.269. The predicted octanol–water partition coefficient (Wildman–Crippen LogP) is 1.97. The summed E-state index contributed by atoms with van der Waals surface area (Å²) < 4.78 is 24.2. The van der Waals surface area contributed by atoms with Crippen LogP contribution < -0.4 is 5.32 Å². The minimum atomic E-state index is -2.95. The quantitative estimate of drug-likeness (QED) is 0.623. The molecule has 0 aromatic carbocycles. The van der Waals surface area contributed by atoms with Crippen LogP contribution in [0.3, 0.4) is 0 Å². The Morgan fingerprint density at radius 3 is 2.70 bits per heavy atom. The summed E-state index contributed by atoms with van der Waals surface area (Å²) in [5.74, 6) is 2.03. The van der Waals surface area contributed by atoms with Gasteiger partial charge in [0.05, 0.1) is 0 Å². The van der Waals surface area contributed by atoms with E-state index in [0.29, 0.717) is 0 Å². The van der Waals surface area contributed by atoms with Crippen molar-refractivity contribution >= 4 is 21.6 Å². The summed E-state index contributed by atoms with van der Waals surface area (Å²) in [6, 6.07) is 0. The number of nitrogens with zero attached hydrogens (tertiary/aromatic N) is 1. The van der Waals surface area contributed by atoms with E-state index in [1.54, 1.807) is 18.7 Å². The average Bonchev–Trinajstić information content (AvgIpc) is 2.46. The van der Waals surface area contributed by atoms with Crippen LogP contribution in [0.25, 0.3) is 0 Å². The maximum Gasteiger partial charge on any atom is 0.166 e. The van der Waals surface area contributed by atoms with Crippen molar-refractivity contribution in [2.75, 3.05) is 43.4 Å². The molecule has 0 spiro atoms. The van der Waals surface area contributed by atoms with Crippen LogP contribution in [0.1, 0.15) is 39.5 Å². The first-order chi connectivity index (χ1) is 9.61. The highest BCUT2D eigenvalue weighted by Crippen LogP contribution is 2.20. The number of rotatable bonds is 10. The largest absolute Gasteiger partial charge is 0.315 e. The number of hydrogen-bond donors (Lipinski definition) is 1. The Balaban J connectivity index is 2.26. The highest BCUT2D eigenvalue weighted by molar-refractivity contribution is 8.01. The fraction of sp³-hybridized carbons (Fsp3) is 1.00. The van der Waals surface area contributed by atoms with Gasteiger partial charge in [0.15, 0.2) is 9.84 Å². The van der Waals surface area contributed by atoms with Gasteiger partial charge in [-0.25, -0.2) is 8.42 Å². The second kappa shape index (κ2) is 10.0. The maximum atomic E-state index is 12.1. The lowest BCUT2D eigenvalue weighted by Gasteiger charge is -2.34. The van der Waals surface area contributed by atoms with E-state index in [1.165, 1.54) is 25.7 Å². The van der Waals surface area contributed by atoms with Crippen molar-refractivity contribution < 1.29 is 8.42 Å². The SMILES string of the molecule is CCCCCCNCCN1CCSCC1S(=O)(=O)CC. The zero-order valence-corrected chi connectivity index (χ0v) is 14.6. The van der Waals surface area contributed by atoms with E-state index >= 15 is 0 Å². The van der Waals surface area contributed by atoms with Gasteiger partial charge in [-0.3, -0.25) is 4.90 Å². The minimum Gasteiger partial charge on any atom is -0.315 e. The molecule has 0 bridgehead atoms. The summed E-state index contributed by atoms with van der Waals surface area (Å²) in [7, 11) is -2.95. The van der Waals surface area contributed by atoms with Crippen molar-refractivity contribution in [1.82, 2.24) is 10.2 Å². The molecule has 6 heteroatoms. The van der Waals surface area contributed by atoms with E-state index in [-0.39, 0.29) is 11.1 Å². The maximum absolute atomic E-state index is 12.1. The Hall–Kier alpha value is 0.220. The number of hydrogen-bond acceptors (Lipinski definition) is 5. The molecule has 0 aromatic rings. The first-order valence-electron chi connectivity index (χ1n) is 7.86. The Bertz CT molecular complexity index is 347.